The molecule has 0 heterocycles. The molecule has 4 aromatic carbocycles. The fraction of sp³-hybridized carbons (Fsp3) is 0.500. The lowest BCUT2D eigenvalue weighted by molar-refractivity contribution is -0.144. The van der Waals surface area contributed by atoms with Crippen molar-refractivity contribution in [2.24, 2.45) is 0 Å². The zero-order chi connectivity index (χ0) is 55.6. The van der Waals surface area contributed by atoms with Crippen LogP contribution in [0.3, 0.4) is 0 Å². The minimum atomic E-state index is -4.98. The number of nitrogens with zero attached hydrogens (tertiary/aromatic N) is 2. The van der Waals surface area contributed by atoms with E-state index in [-0.39, 0.29) is 48.5 Å². The lowest BCUT2D eigenvalue weighted by Crippen LogP contribution is -2.52. The standard InChI is InChI=1S/2C23H25F6N3O.2C3H8O/c2*1-32(14-15-7-3-2-4-8-15)20-10-6-5-9-19(20)31-21(33)30-18-12-16(22(24,25)26)11-17(13-18)23(27,28)29;2*1-3(2)4/h2*2-4,7-8,11-13,19-20H,5-6,9-10,14H2,1H3,(H2,30,31,33);2*3-4H,1-2H3/t2*19-,20-;;/m11../s1. The van der Waals surface area contributed by atoms with E-state index in [0.717, 1.165) is 49.7 Å². The smallest absolute Gasteiger partial charge is 0.394 e. The molecule has 6 rings (SSSR count). The van der Waals surface area contributed by atoms with Gasteiger partial charge in [0, 0.05) is 60.8 Å². The van der Waals surface area contributed by atoms with Crippen molar-refractivity contribution in [3.8, 4) is 0 Å². The molecule has 0 unspecified atom stereocenters. The number of hydrogen-bond acceptors (Lipinski definition) is 6. The number of aliphatic hydroxyl groups is 2. The summed E-state index contributed by atoms with van der Waals surface area (Å²) >= 11 is 0. The summed E-state index contributed by atoms with van der Waals surface area (Å²) in [5, 5.41) is 25.9. The van der Waals surface area contributed by atoms with Crippen molar-refractivity contribution in [1.29, 1.82) is 0 Å². The van der Waals surface area contributed by atoms with Gasteiger partial charge in [0.15, 0.2) is 0 Å². The molecule has 4 atom stereocenters. The molecule has 6 N–H and O–H groups in total. The molecule has 0 aliphatic heterocycles. The predicted octanol–water partition coefficient (Wildman–Crippen LogP) is 13.4. The predicted molar refractivity (Wildman–Crippen MR) is 260 cm³/mol. The van der Waals surface area contributed by atoms with Gasteiger partial charge in [0.2, 0.25) is 0 Å². The maximum absolute atomic E-state index is 13.1. The average molecular weight is 1070 g/mol. The molecule has 22 heteroatoms. The molecule has 0 saturated heterocycles. The molecule has 2 fully saturated rings. The van der Waals surface area contributed by atoms with Crippen LogP contribution in [0.5, 0.6) is 0 Å². The Morgan fingerprint density at radius 1 is 0.486 bits per heavy atom. The van der Waals surface area contributed by atoms with Crippen molar-refractivity contribution in [3.05, 3.63) is 130 Å². The maximum atomic E-state index is 13.1. The Balaban J connectivity index is 0.000000341. The van der Waals surface area contributed by atoms with Gasteiger partial charge in [-0.3, -0.25) is 9.80 Å². The number of anilines is 2. The number of urea groups is 2. The Morgan fingerprint density at radius 2 is 0.743 bits per heavy atom. The number of benzene rings is 4. The van der Waals surface area contributed by atoms with Gasteiger partial charge in [0.25, 0.3) is 0 Å². The molecular weight excluding hydrogens is 1000 g/mol. The zero-order valence-electron chi connectivity index (χ0n) is 41.9. The van der Waals surface area contributed by atoms with Crippen molar-refractivity contribution in [2.75, 3.05) is 24.7 Å². The first kappa shape index (κ1) is 62.7. The van der Waals surface area contributed by atoms with Gasteiger partial charge in [-0.25, -0.2) is 9.59 Å². The number of alkyl halides is 12. The molecule has 10 nitrogen and oxygen atoms in total. The van der Waals surface area contributed by atoms with Crippen LogP contribution in [0.15, 0.2) is 97.1 Å². The van der Waals surface area contributed by atoms with E-state index in [1.165, 1.54) is 0 Å². The quantitative estimate of drug-likeness (QED) is 0.0878. The minimum Gasteiger partial charge on any atom is -0.394 e. The van der Waals surface area contributed by atoms with Gasteiger partial charge < -0.3 is 31.5 Å². The van der Waals surface area contributed by atoms with E-state index >= 15 is 0 Å². The topological polar surface area (TPSA) is 129 Å². The summed E-state index contributed by atoms with van der Waals surface area (Å²) < 4.78 is 157. The average Bonchev–Trinajstić information content (AvgIpc) is 3.28. The number of rotatable bonds is 10. The summed E-state index contributed by atoms with van der Waals surface area (Å²) in [4.78, 5) is 29.3. The van der Waals surface area contributed by atoms with Crippen molar-refractivity contribution in [1.82, 2.24) is 20.4 Å². The second-order valence-corrected chi connectivity index (χ2v) is 18.7. The molecule has 412 valence electrons. The van der Waals surface area contributed by atoms with Gasteiger partial charge in [-0.15, -0.1) is 0 Å². The Bertz CT molecular complexity index is 2080. The first-order valence-corrected chi connectivity index (χ1v) is 23.9. The number of hydrogen-bond donors (Lipinski definition) is 6. The van der Waals surface area contributed by atoms with Gasteiger partial charge in [-0.05, 0) is 115 Å². The Kier molecular flexibility index (Phi) is 24.0. The number of carbonyl (C=O) groups excluding carboxylic acids is 2. The number of nitrogens with one attached hydrogen (secondary N) is 4. The molecule has 0 radical (unpaired) electrons. The van der Waals surface area contributed by atoms with E-state index in [0.29, 0.717) is 50.2 Å². The minimum absolute atomic E-state index is 0.0167. The molecule has 2 aliphatic rings. The highest BCUT2D eigenvalue weighted by Crippen LogP contribution is 2.39. The number of likely N-dealkylation sites (N-methyl/N-ethyl adjacent to an activating group) is 2. The van der Waals surface area contributed by atoms with Gasteiger partial charge in [0.1, 0.15) is 0 Å². The summed E-state index contributed by atoms with van der Waals surface area (Å²) in [5.74, 6) is 0. The third-order valence-corrected chi connectivity index (χ3v) is 11.5. The first-order valence-electron chi connectivity index (χ1n) is 23.9. The first-order chi connectivity index (χ1) is 34.3. The monoisotopic (exact) mass is 1070 g/mol. The number of aliphatic hydroxyl groups excluding tert-OH is 2. The highest BCUT2D eigenvalue weighted by Gasteiger charge is 2.39. The summed E-state index contributed by atoms with van der Waals surface area (Å²) in [5.41, 5.74) is -4.87. The van der Waals surface area contributed by atoms with Crippen LogP contribution in [-0.4, -0.2) is 82.5 Å². The molecule has 2 saturated carbocycles. The van der Waals surface area contributed by atoms with Crippen LogP contribution in [-0.2, 0) is 37.8 Å². The fourth-order valence-corrected chi connectivity index (χ4v) is 8.32. The Hall–Kier alpha value is -5.58. The Morgan fingerprint density at radius 3 is 1.00 bits per heavy atom. The largest absolute Gasteiger partial charge is 0.416 e. The van der Waals surface area contributed by atoms with E-state index in [1.54, 1.807) is 27.7 Å². The third-order valence-electron chi connectivity index (χ3n) is 11.5. The van der Waals surface area contributed by atoms with Gasteiger partial charge in [0.05, 0.1) is 22.3 Å². The molecule has 74 heavy (non-hydrogen) atoms. The molecule has 0 bridgehead atoms. The van der Waals surface area contributed by atoms with Crippen LogP contribution in [0.25, 0.3) is 0 Å². The lowest BCUT2D eigenvalue weighted by Gasteiger charge is -2.38. The molecule has 4 amide bonds. The van der Waals surface area contributed by atoms with Crippen molar-refractivity contribution < 1.29 is 72.5 Å². The van der Waals surface area contributed by atoms with Crippen LogP contribution in [0.2, 0.25) is 0 Å². The van der Waals surface area contributed by atoms with Crippen LogP contribution >= 0.6 is 0 Å². The summed E-state index contributed by atoms with van der Waals surface area (Å²) in [6, 6.07) is 19.2. The molecule has 4 aromatic rings. The molecule has 0 spiro atoms. The lowest BCUT2D eigenvalue weighted by atomic mass is 9.89. The van der Waals surface area contributed by atoms with Crippen molar-refractivity contribution in [2.45, 2.75) is 153 Å². The van der Waals surface area contributed by atoms with Crippen LogP contribution in [0.1, 0.15) is 112 Å². The highest BCUT2D eigenvalue weighted by atomic mass is 19.4. The normalized spacial score (nSPS) is 18.3. The van der Waals surface area contributed by atoms with Gasteiger partial charge >= 0.3 is 36.8 Å². The summed E-state index contributed by atoms with van der Waals surface area (Å²) in [6.45, 7) is 8.18. The third kappa shape index (κ3) is 22.5. The molecule has 0 aromatic heterocycles. The van der Waals surface area contributed by atoms with Crippen LogP contribution in [0, 0.1) is 0 Å². The summed E-state index contributed by atoms with van der Waals surface area (Å²) in [7, 11) is 3.86. The number of halogens is 12. The van der Waals surface area contributed by atoms with E-state index in [2.05, 4.69) is 31.1 Å². The van der Waals surface area contributed by atoms with E-state index in [1.807, 2.05) is 74.8 Å². The zero-order valence-corrected chi connectivity index (χ0v) is 41.9. The van der Waals surface area contributed by atoms with Gasteiger partial charge in [-0.2, -0.15) is 52.7 Å². The maximum Gasteiger partial charge on any atom is 0.416 e. The van der Waals surface area contributed by atoms with E-state index in [9.17, 15) is 62.3 Å². The highest BCUT2D eigenvalue weighted by molar-refractivity contribution is 5.90. The van der Waals surface area contributed by atoms with E-state index in [4.69, 9.17) is 10.2 Å². The van der Waals surface area contributed by atoms with Crippen LogP contribution in [0.4, 0.5) is 73.6 Å². The van der Waals surface area contributed by atoms with Crippen molar-refractivity contribution >= 4 is 23.4 Å². The number of amides is 4. The molecule has 2 aliphatic carbocycles. The second-order valence-electron chi connectivity index (χ2n) is 18.7. The Labute approximate surface area is 423 Å². The number of carbonyl (C=O) groups is 2. The molecular formula is C52H66F12N6O4. The van der Waals surface area contributed by atoms with Crippen molar-refractivity contribution in [3.63, 3.8) is 0 Å². The summed E-state index contributed by atoms with van der Waals surface area (Å²) in [6.07, 6.45) is -13.7. The van der Waals surface area contributed by atoms with Crippen LogP contribution < -0.4 is 21.3 Å². The van der Waals surface area contributed by atoms with Gasteiger partial charge in [-0.1, -0.05) is 86.3 Å². The fourth-order valence-electron chi connectivity index (χ4n) is 8.32. The SMILES string of the molecule is CC(C)O.CC(C)O.CN(Cc1ccccc1)[C@@H]1CCCC[C@H]1NC(=O)Nc1cc(C(F)(F)F)cc(C(F)(F)F)c1.CN(Cc1ccccc1)[C@@H]1CCCC[C@H]1NC(=O)Nc1cc(C(F)(F)F)cc(C(F)(F)F)c1. The van der Waals surface area contributed by atoms with E-state index < -0.39 is 70.4 Å². The second kappa shape index (κ2) is 28.4.